The van der Waals surface area contributed by atoms with Crippen LogP contribution in [-0.4, -0.2) is 26.9 Å². The third kappa shape index (κ3) is 3.07. The molecule has 6 heteroatoms. The van der Waals surface area contributed by atoms with Crippen molar-refractivity contribution < 1.29 is 5.11 Å². The van der Waals surface area contributed by atoms with Crippen molar-refractivity contribution in [2.45, 2.75) is 37.5 Å². The van der Waals surface area contributed by atoms with Crippen molar-refractivity contribution in [1.82, 2.24) is 9.97 Å². The maximum absolute atomic E-state index is 9.04. The highest BCUT2D eigenvalue weighted by molar-refractivity contribution is 7.99. The maximum Gasteiger partial charge on any atom is 0.147 e. The minimum absolute atomic E-state index is 0.115. The summed E-state index contributed by atoms with van der Waals surface area (Å²) in [6.45, 7) is 5.99. The van der Waals surface area contributed by atoms with Crippen LogP contribution in [0.2, 0.25) is 0 Å². The van der Waals surface area contributed by atoms with E-state index in [0.29, 0.717) is 5.82 Å². The predicted molar refractivity (Wildman–Crippen MR) is 66.4 cm³/mol. The van der Waals surface area contributed by atoms with Crippen LogP contribution in [0.25, 0.3) is 0 Å². The average molecular weight is 242 g/mol. The Kier molecular flexibility index (Phi) is 4.98. The summed E-state index contributed by atoms with van der Waals surface area (Å²) in [5.41, 5.74) is 3.50. The van der Waals surface area contributed by atoms with E-state index in [1.807, 2.05) is 20.8 Å². The van der Waals surface area contributed by atoms with Gasteiger partial charge in [0, 0.05) is 17.2 Å². The standard InChI is InChI=1S/C10H18N4OS/c1-4-8-12-9(14-11)7(3)10(13-8)16-6(2)5-15/h6,15H,4-5,11H2,1-3H3,(H,12,13,14). The number of nitrogens with two attached hydrogens (primary N) is 1. The van der Waals surface area contributed by atoms with E-state index in [1.165, 1.54) is 11.8 Å². The maximum atomic E-state index is 9.04. The highest BCUT2D eigenvalue weighted by Crippen LogP contribution is 2.27. The zero-order valence-electron chi connectivity index (χ0n) is 9.82. The van der Waals surface area contributed by atoms with Gasteiger partial charge in [-0.3, -0.25) is 0 Å². The molecule has 0 aliphatic heterocycles. The van der Waals surface area contributed by atoms with Gasteiger partial charge < -0.3 is 10.5 Å². The number of hydrogen-bond acceptors (Lipinski definition) is 6. The molecule has 16 heavy (non-hydrogen) atoms. The zero-order valence-corrected chi connectivity index (χ0v) is 10.6. The number of thioether (sulfide) groups is 1. The van der Waals surface area contributed by atoms with Gasteiger partial charge in [0.15, 0.2) is 0 Å². The fourth-order valence-corrected chi connectivity index (χ4v) is 2.07. The molecule has 0 radical (unpaired) electrons. The molecule has 5 nitrogen and oxygen atoms in total. The van der Waals surface area contributed by atoms with Crippen molar-refractivity contribution >= 4 is 17.6 Å². The first-order valence-corrected chi connectivity index (χ1v) is 6.12. The lowest BCUT2D eigenvalue weighted by molar-refractivity contribution is 0.300. The molecule has 0 spiro atoms. The summed E-state index contributed by atoms with van der Waals surface area (Å²) in [7, 11) is 0. The van der Waals surface area contributed by atoms with E-state index in [9.17, 15) is 0 Å². The highest BCUT2D eigenvalue weighted by atomic mass is 32.2. The molecule has 1 unspecified atom stereocenters. The molecular formula is C10H18N4OS. The van der Waals surface area contributed by atoms with Gasteiger partial charge in [0.05, 0.1) is 6.61 Å². The fourth-order valence-electron chi connectivity index (χ4n) is 1.18. The van der Waals surface area contributed by atoms with Crippen molar-refractivity contribution in [3.8, 4) is 0 Å². The van der Waals surface area contributed by atoms with Gasteiger partial charge in [0.2, 0.25) is 0 Å². The number of nitrogens with zero attached hydrogens (tertiary/aromatic N) is 2. The van der Waals surface area contributed by atoms with E-state index < -0.39 is 0 Å². The fraction of sp³-hybridized carbons (Fsp3) is 0.600. The van der Waals surface area contributed by atoms with Crippen molar-refractivity contribution in [3.05, 3.63) is 11.4 Å². The van der Waals surface area contributed by atoms with E-state index in [2.05, 4.69) is 15.4 Å². The monoisotopic (exact) mass is 242 g/mol. The highest BCUT2D eigenvalue weighted by Gasteiger charge is 2.12. The summed E-state index contributed by atoms with van der Waals surface area (Å²) >= 11 is 1.53. The molecule has 4 N–H and O–H groups in total. The van der Waals surface area contributed by atoms with Gasteiger partial charge in [-0.15, -0.1) is 11.8 Å². The molecule has 0 bridgehead atoms. The molecule has 1 aromatic heterocycles. The van der Waals surface area contributed by atoms with Gasteiger partial charge in [0.25, 0.3) is 0 Å². The number of nitrogen functional groups attached to an aromatic ring is 1. The van der Waals surface area contributed by atoms with Gasteiger partial charge in [0.1, 0.15) is 16.7 Å². The lowest BCUT2D eigenvalue weighted by Crippen LogP contribution is -2.14. The van der Waals surface area contributed by atoms with Crippen molar-refractivity contribution in [3.63, 3.8) is 0 Å². The summed E-state index contributed by atoms with van der Waals surface area (Å²) in [4.78, 5) is 8.71. The first-order chi connectivity index (χ1) is 7.62. The van der Waals surface area contributed by atoms with Gasteiger partial charge in [-0.25, -0.2) is 15.8 Å². The quantitative estimate of drug-likeness (QED) is 0.310. The molecule has 1 atom stereocenters. The molecule has 0 fully saturated rings. The molecule has 0 aromatic carbocycles. The number of nitrogens with one attached hydrogen (secondary N) is 1. The van der Waals surface area contributed by atoms with Crippen molar-refractivity contribution in [1.29, 1.82) is 0 Å². The molecular weight excluding hydrogens is 224 g/mol. The number of aliphatic hydroxyl groups is 1. The largest absolute Gasteiger partial charge is 0.395 e. The van der Waals surface area contributed by atoms with E-state index in [0.717, 1.165) is 22.8 Å². The van der Waals surface area contributed by atoms with Gasteiger partial charge in [-0.05, 0) is 6.92 Å². The van der Waals surface area contributed by atoms with Crippen molar-refractivity contribution in [2.75, 3.05) is 12.0 Å². The third-order valence-corrected chi connectivity index (χ3v) is 3.34. The molecule has 0 aliphatic rings. The number of rotatable bonds is 5. The molecule has 0 aliphatic carbocycles. The molecule has 1 heterocycles. The Labute approximate surface area is 99.8 Å². The second kappa shape index (κ2) is 6.03. The third-order valence-electron chi connectivity index (χ3n) is 2.17. The molecule has 0 saturated heterocycles. The van der Waals surface area contributed by atoms with Crippen LogP contribution in [0.3, 0.4) is 0 Å². The van der Waals surface area contributed by atoms with Crippen LogP contribution >= 0.6 is 11.8 Å². The predicted octanol–water partition coefficient (Wildman–Crippen LogP) is 1.11. The minimum Gasteiger partial charge on any atom is -0.395 e. The smallest absolute Gasteiger partial charge is 0.147 e. The summed E-state index contributed by atoms with van der Waals surface area (Å²) in [5.74, 6) is 6.82. The Morgan fingerprint density at radius 2 is 2.19 bits per heavy atom. The Hall–Kier alpha value is -0.850. The molecule has 1 rings (SSSR count). The minimum atomic E-state index is 0.115. The van der Waals surface area contributed by atoms with Crippen molar-refractivity contribution in [2.24, 2.45) is 5.84 Å². The average Bonchev–Trinajstić information content (AvgIpc) is 2.31. The molecule has 90 valence electrons. The first-order valence-electron chi connectivity index (χ1n) is 5.24. The van der Waals surface area contributed by atoms with Crippen LogP contribution in [0, 0.1) is 6.92 Å². The number of aromatic nitrogens is 2. The number of hydrogen-bond donors (Lipinski definition) is 3. The van der Waals surface area contributed by atoms with E-state index in [-0.39, 0.29) is 11.9 Å². The topological polar surface area (TPSA) is 84.1 Å². The molecule has 0 saturated carbocycles. The van der Waals surface area contributed by atoms with Crippen LogP contribution < -0.4 is 11.3 Å². The van der Waals surface area contributed by atoms with Gasteiger partial charge >= 0.3 is 0 Å². The van der Waals surface area contributed by atoms with E-state index in [4.69, 9.17) is 10.9 Å². The SMILES string of the molecule is CCc1nc(NN)c(C)c(SC(C)CO)n1. The second-order valence-electron chi connectivity index (χ2n) is 3.53. The van der Waals surface area contributed by atoms with Crippen LogP contribution in [0.1, 0.15) is 25.2 Å². The zero-order chi connectivity index (χ0) is 12.1. The number of aryl methyl sites for hydroxylation is 1. The van der Waals surface area contributed by atoms with Gasteiger partial charge in [-0.1, -0.05) is 13.8 Å². The molecule has 1 aromatic rings. The second-order valence-corrected chi connectivity index (χ2v) is 4.95. The van der Waals surface area contributed by atoms with E-state index >= 15 is 0 Å². The Morgan fingerprint density at radius 1 is 1.50 bits per heavy atom. The first kappa shape index (κ1) is 13.2. The lowest BCUT2D eigenvalue weighted by Gasteiger charge is -2.13. The number of hydrazine groups is 1. The van der Waals surface area contributed by atoms with Crippen LogP contribution in [0.5, 0.6) is 0 Å². The van der Waals surface area contributed by atoms with Gasteiger partial charge in [-0.2, -0.15) is 0 Å². The van der Waals surface area contributed by atoms with E-state index in [1.54, 1.807) is 0 Å². The Morgan fingerprint density at radius 3 is 2.69 bits per heavy atom. The van der Waals surface area contributed by atoms with Crippen LogP contribution in [-0.2, 0) is 6.42 Å². The summed E-state index contributed by atoms with van der Waals surface area (Å²) in [6, 6.07) is 0. The van der Waals surface area contributed by atoms with Crippen LogP contribution in [0.4, 0.5) is 5.82 Å². The Bertz CT molecular complexity index is 359. The number of anilines is 1. The number of aliphatic hydroxyl groups excluding tert-OH is 1. The summed E-state index contributed by atoms with van der Waals surface area (Å²) in [6.07, 6.45) is 0.760. The lowest BCUT2D eigenvalue weighted by atomic mass is 10.3. The summed E-state index contributed by atoms with van der Waals surface area (Å²) < 4.78 is 0. The Balaban J connectivity index is 3.05. The summed E-state index contributed by atoms with van der Waals surface area (Å²) in [5, 5.41) is 10.0. The normalized spacial score (nSPS) is 12.6. The molecule has 0 amide bonds. The van der Waals surface area contributed by atoms with Crippen LogP contribution in [0.15, 0.2) is 5.03 Å².